The fraction of sp³-hybridized carbons (Fsp3) is 0.500. The predicted octanol–water partition coefficient (Wildman–Crippen LogP) is 0.636. The Kier molecular flexibility index (Phi) is 7.36. The van der Waals surface area contributed by atoms with Crippen LogP contribution in [0.5, 0.6) is 5.75 Å². The van der Waals surface area contributed by atoms with E-state index >= 15 is 0 Å². The van der Waals surface area contributed by atoms with Gasteiger partial charge >= 0.3 is 0 Å². The van der Waals surface area contributed by atoms with E-state index in [0.717, 1.165) is 25.3 Å². The van der Waals surface area contributed by atoms with E-state index in [-0.39, 0.29) is 24.4 Å². The minimum Gasteiger partial charge on any atom is -0.492 e. The molecule has 0 radical (unpaired) electrons. The summed E-state index contributed by atoms with van der Waals surface area (Å²) < 4.78 is 5.50. The molecule has 0 bridgehead atoms. The number of ether oxygens (including phenoxy) is 1. The van der Waals surface area contributed by atoms with Gasteiger partial charge in [-0.2, -0.15) is 0 Å². The molecule has 3 N–H and O–H groups in total. The average molecular weight is 300 g/mol. The van der Waals surface area contributed by atoms with Crippen LogP contribution in [0.1, 0.15) is 6.42 Å². The zero-order chi connectivity index (χ0) is 13.5. The zero-order valence-electron chi connectivity index (χ0n) is 11.5. The van der Waals surface area contributed by atoms with Gasteiger partial charge < -0.3 is 15.8 Å². The maximum Gasteiger partial charge on any atom is 0.234 e. The summed E-state index contributed by atoms with van der Waals surface area (Å²) in [5.74, 6) is 0.855. The molecule has 1 aliphatic heterocycles. The van der Waals surface area contributed by atoms with Crippen LogP contribution in [0.3, 0.4) is 0 Å². The molecule has 1 heterocycles. The van der Waals surface area contributed by atoms with Crippen molar-refractivity contribution in [2.24, 2.45) is 5.73 Å². The Morgan fingerprint density at radius 1 is 1.40 bits per heavy atom. The minimum atomic E-state index is 0. The van der Waals surface area contributed by atoms with Gasteiger partial charge in [0.25, 0.3) is 0 Å². The van der Waals surface area contributed by atoms with Gasteiger partial charge in [0.15, 0.2) is 0 Å². The van der Waals surface area contributed by atoms with E-state index < -0.39 is 0 Å². The number of rotatable bonds is 6. The first-order valence-electron chi connectivity index (χ1n) is 6.66. The first kappa shape index (κ1) is 16.8. The Hall–Kier alpha value is -1.30. The highest BCUT2D eigenvalue weighted by molar-refractivity contribution is 5.85. The van der Waals surface area contributed by atoms with Crippen LogP contribution in [-0.2, 0) is 4.79 Å². The van der Waals surface area contributed by atoms with Crippen molar-refractivity contribution in [3.8, 4) is 5.75 Å². The summed E-state index contributed by atoms with van der Waals surface area (Å²) in [4.78, 5) is 13.7. The lowest BCUT2D eigenvalue weighted by molar-refractivity contribution is -0.122. The van der Waals surface area contributed by atoms with Gasteiger partial charge in [0.05, 0.1) is 13.1 Å². The zero-order valence-corrected chi connectivity index (χ0v) is 12.3. The summed E-state index contributed by atoms with van der Waals surface area (Å²) in [5, 5.41) is 2.85. The summed E-state index contributed by atoms with van der Waals surface area (Å²) in [7, 11) is 0. The first-order chi connectivity index (χ1) is 9.24. The molecule has 1 amide bonds. The number of nitrogens with two attached hydrogens (primary N) is 1. The molecule has 0 aromatic heterocycles. The van der Waals surface area contributed by atoms with Crippen LogP contribution in [0.2, 0.25) is 0 Å². The fourth-order valence-electron chi connectivity index (χ4n) is 2.14. The lowest BCUT2D eigenvalue weighted by atomic mass is 10.3. The van der Waals surface area contributed by atoms with Crippen molar-refractivity contribution in [1.82, 2.24) is 10.2 Å². The summed E-state index contributed by atoms with van der Waals surface area (Å²) in [6.45, 7) is 3.16. The van der Waals surface area contributed by atoms with E-state index in [2.05, 4.69) is 10.2 Å². The molecule has 1 fully saturated rings. The van der Waals surface area contributed by atoms with Crippen molar-refractivity contribution in [2.45, 2.75) is 12.5 Å². The van der Waals surface area contributed by atoms with E-state index in [1.165, 1.54) is 0 Å². The van der Waals surface area contributed by atoms with Crippen LogP contribution in [0.25, 0.3) is 0 Å². The molecule has 1 unspecified atom stereocenters. The molecule has 112 valence electrons. The van der Waals surface area contributed by atoms with Crippen LogP contribution in [0.15, 0.2) is 30.3 Å². The molecule has 1 aromatic rings. The largest absolute Gasteiger partial charge is 0.492 e. The molecule has 2 rings (SSSR count). The van der Waals surface area contributed by atoms with Crippen LogP contribution in [0.4, 0.5) is 0 Å². The number of halogens is 1. The van der Waals surface area contributed by atoms with Gasteiger partial charge in [0.1, 0.15) is 12.4 Å². The highest BCUT2D eigenvalue weighted by Crippen LogP contribution is 2.07. The van der Waals surface area contributed by atoms with Crippen molar-refractivity contribution in [3.05, 3.63) is 30.3 Å². The van der Waals surface area contributed by atoms with Gasteiger partial charge in [-0.05, 0) is 18.6 Å². The Morgan fingerprint density at radius 3 is 2.80 bits per heavy atom. The fourth-order valence-corrected chi connectivity index (χ4v) is 2.14. The highest BCUT2D eigenvalue weighted by Gasteiger charge is 2.20. The standard InChI is InChI=1S/C14H21N3O2.ClH/c15-12-6-8-17(10-12)11-14(18)16-7-9-19-13-4-2-1-3-5-13;/h1-5,12H,6-11,15H2,(H,16,18);1H. The Morgan fingerprint density at radius 2 is 2.15 bits per heavy atom. The molecular weight excluding hydrogens is 278 g/mol. The monoisotopic (exact) mass is 299 g/mol. The molecule has 1 aromatic carbocycles. The summed E-state index contributed by atoms with van der Waals surface area (Å²) in [6.07, 6.45) is 0.977. The third kappa shape index (κ3) is 5.77. The number of nitrogens with zero attached hydrogens (tertiary/aromatic N) is 1. The van der Waals surface area contributed by atoms with Gasteiger partial charge in [-0.25, -0.2) is 0 Å². The minimum absolute atomic E-state index is 0. The summed E-state index contributed by atoms with van der Waals surface area (Å²) in [6, 6.07) is 9.79. The van der Waals surface area contributed by atoms with Crippen LogP contribution in [-0.4, -0.2) is 49.6 Å². The number of benzene rings is 1. The average Bonchev–Trinajstić information content (AvgIpc) is 2.81. The molecule has 20 heavy (non-hydrogen) atoms. The summed E-state index contributed by atoms with van der Waals surface area (Å²) in [5.41, 5.74) is 5.79. The number of nitrogens with one attached hydrogen (secondary N) is 1. The molecule has 1 atom stereocenters. The van der Waals surface area contributed by atoms with Crippen molar-refractivity contribution in [1.29, 1.82) is 0 Å². The SMILES string of the molecule is Cl.NC1CCN(CC(=O)NCCOc2ccccc2)C1. The molecular formula is C14H22ClN3O2. The van der Waals surface area contributed by atoms with E-state index in [1.54, 1.807) is 0 Å². The predicted molar refractivity (Wildman–Crippen MR) is 81.2 cm³/mol. The molecule has 6 heteroatoms. The van der Waals surface area contributed by atoms with Crippen LogP contribution >= 0.6 is 12.4 Å². The second kappa shape index (κ2) is 8.79. The molecule has 0 spiro atoms. The van der Waals surface area contributed by atoms with Crippen molar-refractivity contribution in [3.63, 3.8) is 0 Å². The molecule has 0 saturated carbocycles. The van der Waals surface area contributed by atoms with Crippen molar-refractivity contribution in [2.75, 3.05) is 32.8 Å². The third-order valence-electron chi connectivity index (χ3n) is 3.11. The highest BCUT2D eigenvalue weighted by atomic mass is 35.5. The van der Waals surface area contributed by atoms with E-state index in [9.17, 15) is 4.79 Å². The molecule has 5 nitrogen and oxygen atoms in total. The lowest BCUT2D eigenvalue weighted by Crippen LogP contribution is -2.38. The Balaban J connectivity index is 0.00000200. The molecule has 1 aliphatic rings. The second-order valence-corrected chi connectivity index (χ2v) is 4.80. The van der Waals surface area contributed by atoms with Gasteiger partial charge in [-0.3, -0.25) is 9.69 Å². The van der Waals surface area contributed by atoms with Crippen molar-refractivity contribution >= 4 is 18.3 Å². The number of amides is 1. The summed E-state index contributed by atoms with van der Waals surface area (Å²) >= 11 is 0. The number of hydrogen-bond acceptors (Lipinski definition) is 4. The number of likely N-dealkylation sites (tertiary alicyclic amines) is 1. The Labute approximate surface area is 125 Å². The number of carbonyl (C=O) groups is 1. The van der Waals surface area contributed by atoms with Gasteiger partial charge in [-0.1, -0.05) is 18.2 Å². The van der Waals surface area contributed by atoms with Gasteiger partial charge in [-0.15, -0.1) is 12.4 Å². The first-order valence-corrected chi connectivity index (χ1v) is 6.66. The van der Waals surface area contributed by atoms with Crippen LogP contribution < -0.4 is 15.8 Å². The number of hydrogen-bond donors (Lipinski definition) is 2. The topological polar surface area (TPSA) is 67.6 Å². The second-order valence-electron chi connectivity index (χ2n) is 4.80. The molecule has 0 aliphatic carbocycles. The Bertz CT molecular complexity index is 403. The van der Waals surface area contributed by atoms with Gasteiger partial charge in [0.2, 0.25) is 5.91 Å². The maximum atomic E-state index is 11.7. The number of para-hydroxylation sites is 1. The smallest absolute Gasteiger partial charge is 0.234 e. The van der Waals surface area contributed by atoms with E-state index in [0.29, 0.717) is 19.7 Å². The number of carbonyl (C=O) groups excluding carboxylic acids is 1. The maximum absolute atomic E-state index is 11.7. The normalized spacial score (nSPS) is 18.4. The van der Waals surface area contributed by atoms with Crippen molar-refractivity contribution < 1.29 is 9.53 Å². The molecule has 1 saturated heterocycles. The third-order valence-corrected chi connectivity index (χ3v) is 3.11. The van der Waals surface area contributed by atoms with E-state index in [4.69, 9.17) is 10.5 Å². The van der Waals surface area contributed by atoms with Crippen LogP contribution in [0, 0.1) is 0 Å². The quantitative estimate of drug-likeness (QED) is 0.756. The van der Waals surface area contributed by atoms with E-state index in [1.807, 2.05) is 30.3 Å². The lowest BCUT2D eigenvalue weighted by Gasteiger charge is -2.14. The van der Waals surface area contributed by atoms with Gasteiger partial charge in [0, 0.05) is 19.1 Å².